The third kappa shape index (κ3) is 4.99. The van der Waals surface area contributed by atoms with Gasteiger partial charge < -0.3 is 10.1 Å². The third-order valence-electron chi connectivity index (χ3n) is 3.56. The van der Waals surface area contributed by atoms with Gasteiger partial charge in [0.05, 0.1) is 11.3 Å². The number of anilines is 1. The van der Waals surface area contributed by atoms with Gasteiger partial charge in [-0.15, -0.1) is 11.3 Å². The zero-order chi connectivity index (χ0) is 19.2. The molecule has 8 heteroatoms. The van der Waals surface area contributed by atoms with Crippen LogP contribution in [0.1, 0.15) is 15.2 Å². The summed E-state index contributed by atoms with van der Waals surface area (Å²) in [6.07, 6.45) is 0.197. The molecule has 1 N–H and O–H groups in total. The maximum Gasteiger partial charge on any atom is 0.316 e. The fraction of sp³-hybridized carbons (Fsp3) is 0.0526. The van der Waals surface area contributed by atoms with Crippen LogP contribution < -0.4 is 10.1 Å². The molecule has 0 saturated heterocycles. The average Bonchev–Trinajstić information content (AvgIpc) is 3.16. The molecule has 0 aliphatic heterocycles. The number of rotatable bonds is 6. The van der Waals surface area contributed by atoms with Crippen molar-refractivity contribution in [3.63, 3.8) is 0 Å². The summed E-state index contributed by atoms with van der Waals surface area (Å²) in [4.78, 5) is 35.2. The molecule has 0 atom stereocenters. The number of hydrogen-bond acceptors (Lipinski definition) is 6. The highest BCUT2D eigenvalue weighted by Gasteiger charge is 2.12. The Morgan fingerprint density at radius 2 is 1.85 bits per heavy atom. The highest BCUT2D eigenvalue weighted by atomic mass is 32.1. The Hall–Kier alpha value is -3.52. The number of non-ortho nitro benzene ring substituents is 1. The largest absolute Gasteiger partial charge is 0.426 e. The van der Waals surface area contributed by atoms with Crippen LogP contribution in [0.25, 0.3) is 0 Å². The van der Waals surface area contributed by atoms with E-state index in [0.29, 0.717) is 11.4 Å². The second-order valence-electron chi connectivity index (χ2n) is 5.52. The number of hydrogen-bond donors (Lipinski definition) is 1. The van der Waals surface area contributed by atoms with Crippen molar-refractivity contribution in [2.45, 2.75) is 6.42 Å². The molecule has 1 heterocycles. The lowest BCUT2D eigenvalue weighted by molar-refractivity contribution is -0.384. The van der Waals surface area contributed by atoms with E-state index in [-0.39, 0.29) is 23.6 Å². The Morgan fingerprint density at radius 3 is 2.52 bits per heavy atom. The molecule has 0 aliphatic carbocycles. The minimum absolute atomic E-state index is 0.157. The fourth-order valence-electron chi connectivity index (χ4n) is 2.29. The molecule has 1 amide bonds. The van der Waals surface area contributed by atoms with Crippen LogP contribution in [-0.2, 0) is 11.2 Å². The second kappa shape index (κ2) is 8.24. The van der Waals surface area contributed by atoms with Gasteiger partial charge >= 0.3 is 5.97 Å². The number of thiophene rings is 1. The van der Waals surface area contributed by atoms with Crippen molar-refractivity contribution in [2.24, 2.45) is 0 Å². The van der Waals surface area contributed by atoms with Crippen LogP contribution >= 0.6 is 11.3 Å². The molecule has 0 unspecified atom stereocenters. The lowest BCUT2D eigenvalue weighted by Crippen LogP contribution is -2.12. The van der Waals surface area contributed by atoms with Gasteiger partial charge in [-0.2, -0.15) is 0 Å². The first-order valence-electron chi connectivity index (χ1n) is 7.90. The van der Waals surface area contributed by atoms with Gasteiger partial charge in [-0.25, -0.2) is 0 Å². The van der Waals surface area contributed by atoms with Crippen LogP contribution in [0, 0.1) is 10.1 Å². The van der Waals surface area contributed by atoms with Crippen molar-refractivity contribution in [1.82, 2.24) is 0 Å². The Morgan fingerprint density at radius 1 is 1.07 bits per heavy atom. The highest BCUT2D eigenvalue weighted by Crippen LogP contribution is 2.19. The van der Waals surface area contributed by atoms with E-state index in [1.54, 1.807) is 24.3 Å². The molecule has 0 radical (unpaired) electrons. The molecule has 2 aromatic carbocycles. The molecule has 0 saturated carbocycles. The van der Waals surface area contributed by atoms with Gasteiger partial charge in [0.2, 0.25) is 0 Å². The number of esters is 1. The van der Waals surface area contributed by atoms with Gasteiger partial charge in [0.15, 0.2) is 0 Å². The topological polar surface area (TPSA) is 98.5 Å². The van der Waals surface area contributed by atoms with Crippen molar-refractivity contribution >= 4 is 34.6 Å². The predicted molar refractivity (Wildman–Crippen MR) is 101 cm³/mol. The van der Waals surface area contributed by atoms with Crippen LogP contribution in [0.4, 0.5) is 11.4 Å². The smallest absolute Gasteiger partial charge is 0.316 e. The van der Waals surface area contributed by atoms with Gasteiger partial charge in [-0.3, -0.25) is 19.7 Å². The summed E-state index contributed by atoms with van der Waals surface area (Å²) >= 11 is 1.48. The maximum absolute atomic E-state index is 12.2. The number of benzene rings is 2. The molecule has 3 aromatic rings. The number of nitro groups is 1. The molecule has 136 valence electrons. The van der Waals surface area contributed by atoms with Crippen LogP contribution in [0.5, 0.6) is 5.75 Å². The molecule has 0 aliphatic rings. The Kier molecular flexibility index (Phi) is 5.58. The van der Waals surface area contributed by atoms with E-state index in [0.717, 1.165) is 4.88 Å². The van der Waals surface area contributed by atoms with Crippen LogP contribution in [0.15, 0.2) is 66.0 Å². The standard InChI is InChI=1S/C19H14N2O5S/c22-18(12-17-5-2-10-27-17)26-16-8-6-14(7-9-16)20-19(23)13-3-1-4-15(11-13)21(24)25/h1-11H,12H2,(H,20,23). The van der Waals surface area contributed by atoms with Crippen LogP contribution in [0.2, 0.25) is 0 Å². The summed E-state index contributed by atoms with van der Waals surface area (Å²) in [7, 11) is 0. The van der Waals surface area contributed by atoms with Crippen molar-refractivity contribution in [1.29, 1.82) is 0 Å². The minimum Gasteiger partial charge on any atom is -0.426 e. The quantitative estimate of drug-likeness (QED) is 0.300. The zero-order valence-electron chi connectivity index (χ0n) is 14.0. The SMILES string of the molecule is O=C(Cc1cccs1)Oc1ccc(NC(=O)c2cccc([N+](=O)[O-])c2)cc1. The molecule has 7 nitrogen and oxygen atoms in total. The number of amides is 1. The van der Waals surface area contributed by atoms with E-state index in [2.05, 4.69) is 5.32 Å². The summed E-state index contributed by atoms with van der Waals surface area (Å²) < 4.78 is 5.25. The fourth-order valence-corrected chi connectivity index (χ4v) is 2.98. The van der Waals surface area contributed by atoms with E-state index in [4.69, 9.17) is 4.74 Å². The number of carbonyl (C=O) groups is 2. The third-order valence-corrected chi connectivity index (χ3v) is 4.44. The summed E-state index contributed by atoms with van der Waals surface area (Å²) in [5.41, 5.74) is 0.496. The molecule has 1 aromatic heterocycles. The lowest BCUT2D eigenvalue weighted by Gasteiger charge is -2.07. The summed E-state index contributed by atoms with van der Waals surface area (Å²) in [6.45, 7) is 0. The van der Waals surface area contributed by atoms with Crippen molar-refractivity contribution in [3.8, 4) is 5.75 Å². The number of nitro benzene ring substituents is 1. The second-order valence-corrected chi connectivity index (χ2v) is 6.55. The van der Waals surface area contributed by atoms with Gasteiger partial charge in [0.1, 0.15) is 5.75 Å². The Labute approximate surface area is 158 Å². The van der Waals surface area contributed by atoms with E-state index in [1.807, 2.05) is 17.5 Å². The molecule has 0 spiro atoms. The van der Waals surface area contributed by atoms with Gasteiger partial charge in [0, 0.05) is 28.3 Å². The van der Waals surface area contributed by atoms with E-state index < -0.39 is 10.8 Å². The first-order valence-corrected chi connectivity index (χ1v) is 8.78. The lowest BCUT2D eigenvalue weighted by atomic mass is 10.2. The highest BCUT2D eigenvalue weighted by molar-refractivity contribution is 7.10. The predicted octanol–water partition coefficient (Wildman–Crippen LogP) is 4.06. The number of nitrogens with one attached hydrogen (secondary N) is 1. The molecular formula is C19H14N2O5S. The van der Waals surface area contributed by atoms with E-state index in [1.165, 1.54) is 35.6 Å². The van der Waals surface area contributed by atoms with Gasteiger partial charge in [-0.05, 0) is 41.8 Å². The van der Waals surface area contributed by atoms with Crippen molar-refractivity contribution in [2.75, 3.05) is 5.32 Å². The zero-order valence-corrected chi connectivity index (χ0v) is 14.8. The first-order chi connectivity index (χ1) is 13.0. The van der Waals surface area contributed by atoms with E-state index in [9.17, 15) is 19.7 Å². The summed E-state index contributed by atoms with van der Waals surface area (Å²) in [5, 5.41) is 15.3. The number of ether oxygens (including phenoxy) is 1. The monoisotopic (exact) mass is 382 g/mol. The summed E-state index contributed by atoms with van der Waals surface area (Å²) in [6, 6.07) is 15.5. The Bertz CT molecular complexity index is 968. The van der Waals surface area contributed by atoms with Crippen LogP contribution in [0.3, 0.4) is 0 Å². The van der Waals surface area contributed by atoms with Crippen molar-refractivity contribution in [3.05, 3.63) is 86.6 Å². The maximum atomic E-state index is 12.2. The normalized spacial score (nSPS) is 10.2. The molecular weight excluding hydrogens is 368 g/mol. The molecule has 27 heavy (non-hydrogen) atoms. The molecule has 0 fully saturated rings. The average molecular weight is 382 g/mol. The Balaban J connectivity index is 1.60. The van der Waals surface area contributed by atoms with Gasteiger partial charge in [-0.1, -0.05) is 12.1 Å². The first kappa shape index (κ1) is 18.3. The minimum atomic E-state index is -0.559. The molecule has 0 bridgehead atoms. The summed E-state index contributed by atoms with van der Waals surface area (Å²) in [5.74, 6) is -0.475. The van der Waals surface area contributed by atoms with E-state index >= 15 is 0 Å². The van der Waals surface area contributed by atoms with Gasteiger partial charge in [0.25, 0.3) is 11.6 Å². The van der Waals surface area contributed by atoms with Crippen LogP contribution in [-0.4, -0.2) is 16.8 Å². The number of nitrogens with zero attached hydrogens (tertiary/aromatic N) is 1. The van der Waals surface area contributed by atoms with Crippen molar-refractivity contribution < 1.29 is 19.2 Å². The number of carbonyl (C=O) groups excluding carboxylic acids is 2. The molecule has 3 rings (SSSR count).